The Balaban J connectivity index is 1.85. The lowest BCUT2D eigenvalue weighted by Gasteiger charge is -2.11. The summed E-state index contributed by atoms with van der Waals surface area (Å²) < 4.78 is 1.91. The second kappa shape index (κ2) is 6.86. The molecule has 1 saturated heterocycles. The van der Waals surface area contributed by atoms with E-state index in [0.717, 1.165) is 27.6 Å². The molecule has 1 aromatic carbocycles. The van der Waals surface area contributed by atoms with E-state index in [2.05, 4.69) is 49.2 Å². The number of rotatable bonds is 4. The highest BCUT2D eigenvalue weighted by atomic mass is 127. The first-order chi connectivity index (χ1) is 8.66. The molecule has 2 rings (SSSR count). The topological polar surface area (TPSA) is 41.1 Å². The molecule has 5 heteroatoms. The first-order valence-electron chi connectivity index (χ1n) is 6.13. The van der Waals surface area contributed by atoms with Gasteiger partial charge in [0.1, 0.15) is 0 Å². The zero-order valence-corrected chi connectivity index (χ0v) is 13.8. The quantitative estimate of drug-likeness (QED) is 0.732. The Hall–Kier alpha value is -0.140. The van der Waals surface area contributed by atoms with Gasteiger partial charge in [0, 0.05) is 20.6 Å². The maximum Gasteiger partial charge on any atom is 0.252 e. The Morgan fingerprint density at radius 2 is 2.39 bits per heavy atom. The Bertz CT molecular complexity index is 433. The van der Waals surface area contributed by atoms with E-state index in [0.29, 0.717) is 11.6 Å². The molecule has 1 amide bonds. The fourth-order valence-corrected chi connectivity index (χ4v) is 3.05. The predicted octanol–water partition coefficient (Wildman–Crippen LogP) is 2.93. The largest absolute Gasteiger partial charge is 0.352 e. The van der Waals surface area contributed by atoms with Crippen LogP contribution in [0.3, 0.4) is 0 Å². The fraction of sp³-hybridized carbons (Fsp3) is 0.462. The van der Waals surface area contributed by atoms with Crippen LogP contribution in [0, 0.1) is 3.57 Å². The van der Waals surface area contributed by atoms with Crippen molar-refractivity contribution >= 4 is 44.4 Å². The highest BCUT2D eigenvalue weighted by Crippen LogP contribution is 2.19. The van der Waals surface area contributed by atoms with E-state index < -0.39 is 0 Å². The lowest BCUT2D eigenvalue weighted by molar-refractivity contribution is 0.0951. The molecule has 1 aromatic rings. The lowest BCUT2D eigenvalue weighted by Crippen LogP contribution is -2.30. The molecule has 1 aliphatic rings. The predicted molar refractivity (Wildman–Crippen MR) is 84.8 cm³/mol. The van der Waals surface area contributed by atoms with Crippen molar-refractivity contribution in [3.8, 4) is 0 Å². The van der Waals surface area contributed by atoms with Gasteiger partial charge in [-0.05, 0) is 82.5 Å². The third-order valence-corrected chi connectivity index (χ3v) is 4.48. The van der Waals surface area contributed by atoms with Gasteiger partial charge in [0.05, 0.1) is 5.56 Å². The zero-order valence-electron chi connectivity index (χ0n) is 10.0. The van der Waals surface area contributed by atoms with Crippen molar-refractivity contribution in [2.45, 2.75) is 25.3 Å². The van der Waals surface area contributed by atoms with Gasteiger partial charge in [0.15, 0.2) is 0 Å². The summed E-state index contributed by atoms with van der Waals surface area (Å²) in [6, 6.07) is 6.36. The Morgan fingerprint density at radius 1 is 1.56 bits per heavy atom. The van der Waals surface area contributed by atoms with E-state index in [-0.39, 0.29) is 5.91 Å². The molecule has 0 radical (unpaired) electrons. The van der Waals surface area contributed by atoms with E-state index in [4.69, 9.17) is 0 Å². The number of nitrogens with one attached hydrogen (secondary N) is 2. The van der Waals surface area contributed by atoms with Crippen LogP contribution in [0.25, 0.3) is 0 Å². The Morgan fingerprint density at radius 3 is 3.11 bits per heavy atom. The van der Waals surface area contributed by atoms with Crippen molar-refractivity contribution < 1.29 is 4.79 Å². The summed E-state index contributed by atoms with van der Waals surface area (Å²) in [5.74, 6) is -0.00149. The van der Waals surface area contributed by atoms with Crippen LogP contribution < -0.4 is 10.6 Å². The standard InChI is InChI=1S/C13H16BrIN2O/c14-12-4-3-9(15)8-11(12)13(18)17-7-5-10-2-1-6-16-10/h3-4,8,10,16H,1-2,5-7H2,(H,17,18)/t10-/m0/s1. The molecule has 0 spiro atoms. The molecule has 0 unspecified atom stereocenters. The molecule has 1 atom stereocenters. The van der Waals surface area contributed by atoms with Crippen LogP contribution in [0.4, 0.5) is 0 Å². The van der Waals surface area contributed by atoms with Crippen LogP contribution in [0.1, 0.15) is 29.6 Å². The number of halogens is 2. The zero-order chi connectivity index (χ0) is 13.0. The monoisotopic (exact) mass is 422 g/mol. The average Bonchev–Trinajstić information content (AvgIpc) is 2.85. The van der Waals surface area contributed by atoms with Gasteiger partial charge in [-0.2, -0.15) is 0 Å². The number of amides is 1. The van der Waals surface area contributed by atoms with E-state index in [9.17, 15) is 4.79 Å². The smallest absolute Gasteiger partial charge is 0.252 e. The van der Waals surface area contributed by atoms with Crippen molar-refractivity contribution in [1.29, 1.82) is 0 Å². The molecule has 3 nitrogen and oxygen atoms in total. The third kappa shape index (κ3) is 3.93. The molecule has 1 heterocycles. The highest BCUT2D eigenvalue weighted by Gasteiger charge is 2.15. The maximum atomic E-state index is 12.0. The van der Waals surface area contributed by atoms with Crippen LogP contribution in [0.5, 0.6) is 0 Å². The molecule has 0 aliphatic carbocycles. The summed E-state index contributed by atoms with van der Waals surface area (Å²) in [5.41, 5.74) is 0.710. The minimum atomic E-state index is -0.00149. The summed E-state index contributed by atoms with van der Waals surface area (Å²) in [5, 5.41) is 6.41. The van der Waals surface area contributed by atoms with E-state index >= 15 is 0 Å². The van der Waals surface area contributed by atoms with Gasteiger partial charge >= 0.3 is 0 Å². The molecule has 98 valence electrons. The molecular weight excluding hydrogens is 407 g/mol. The first kappa shape index (κ1) is 14.3. The lowest BCUT2D eigenvalue weighted by atomic mass is 10.1. The highest BCUT2D eigenvalue weighted by molar-refractivity contribution is 14.1. The molecule has 2 N–H and O–H groups in total. The SMILES string of the molecule is O=C(NCC[C@@H]1CCCN1)c1cc(I)ccc1Br. The molecule has 0 aromatic heterocycles. The number of carbonyl (C=O) groups is 1. The van der Waals surface area contributed by atoms with Crippen molar-refractivity contribution in [1.82, 2.24) is 10.6 Å². The van der Waals surface area contributed by atoms with E-state index in [1.165, 1.54) is 12.8 Å². The molecule has 0 bridgehead atoms. The maximum absolute atomic E-state index is 12.0. The Labute approximate surface area is 129 Å². The van der Waals surface area contributed by atoms with Crippen molar-refractivity contribution in [3.05, 3.63) is 31.8 Å². The number of carbonyl (C=O) groups excluding carboxylic acids is 1. The molecule has 1 aliphatic heterocycles. The van der Waals surface area contributed by atoms with Crippen molar-refractivity contribution in [2.75, 3.05) is 13.1 Å². The van der Waals surface area contributed by atoms with Crippen LogP contribution in [0.2, 0.25) is 0 Å². The van der Waals surface area contributed by atoms with Crippen LogP contribution in [-0.4, -0.2) is 25.0 Å². The number of benzene rings is 1. The molecular formula is C13H16BrIN2O. The van der Waals surface area contributed by atoms with E-state index in [1.807, 2.05) is 18.2 Å². The van der Waals surface area contributed by atoms with Gasteiger partial charge in [0.25, 0.3) is 5.91 Å². The summed E-state index contributed by atoms with van der Waals surface area (Å²) in [4.78, 5) is 12.0. The molecule has 18 heavy (non-hydrogen) atoms. The molecule has 1 fully saturated rings. The number of hydrogen-bond donors (Lipinski definition) is 2. The third-order valence-electron chi connectivity index (χ3n) is 3.11. The van der Waals surface area contributed by atoms with Crippen molar-refractivity contribution in [2.24, 2.45) is 0 Å². The van der Waals surface area contributed by atoms with Gasteiger partial charge < -0.3 is 10.6 Å². The van der Waals surface area contributed by atoms with Gasteiger partial charge in [0.2, 0.25) is 0 Å². The first-order valence-corrected chi connectivity index (χ1v) is 8.00. The van der Waals surface area contributed by atoms with Gasteiger partial charge in [-0.3, -0.25) is 4.79 Å². The van der Waals surface area contributed by atoms with Crippen LogP contribution in [0.15, 0.2) is 22.7 Å². The second-order valence-corrected chi connectivity index (χ2v) is 6.56. The Kier molecular flexibility index (Phi) is 5.44. The van der Waals surface area contributed by atoms with Gasteiger partial charge in [-0.1, -0.05) is 0 Å². The molecule has 0 saturated carbocycles. The van der Waals surface area contributed by atoms with E-state index in [1.54, 1.807) is 0 Å². The summed E-state index contributed by atoms with van der Waals surface area (Å²) >= 11 is 5.63. The van der Waals surface area contributed by atoms with Crippen molar-refractivity contribution in [3.63, 3.8) is 0 Å². The summed E-state index contributed by atoms with van der Waals surface area (Å²) in [7, 11) is 0. The van der Waals surface area contributed by atoms with Crippen LogP contribution in [-0.2, 0) is 0 Å². The normalized spacial score (nSPS) is 18.9. The van der Waals surface area contributed by atoms with Gasteiger partial charge in [-0.25, -0.2) is 0 Å². The summed E-state index contributed by atoms with van der Waals surface area (Å²) in [6.45, 7) is 1.84. The minimum absolute atomic E-state index is 0.00149. The van der Waals surface area contributed by atoms with Crippen LogP contribution >= 0.6 is 38.5 Å². The number of hydrogen-bond acceptors (Lipinski definition) is 2. The van der Waals surface area contributed by atoms with Gasteiger partial charge in [-0.15, -0.1) is 0 Å². The summed E-state index contributed by atoms with van der Waals surface area (Å²) in [6.07, 6.45) is 3.48. The second-order valence-electron chi connectivity index (χ2n) is 4.46. The minimum Gasteiger partial charge on any atom is -0.352 e. The fourth-order valence-electron chi connectivity index (χ4n) is 2.13. The average molecular weight is 423 g/mol.